The molecule has 2 aromatic carbocycles. The van der Waals surface area contributed by atoms with Crippen LogP contribution in [-0.2, 0) is 24.3 Å². The third-order valence-corrected chi connectivity index (χ3v) is 4.38. The van der Waals surface area contributed by atoms with Crippen LogP contribution in [0.25, 0.3) is 0 Å². The van der Waals surface area contributed by atoms with Gasteiger partial charge in [0.2, 0.25) is 0 Å². The Kier molecular flexibility index (Phi) is 5.84. The molecule has 0 spiro atoms. The number of aliphatic carboxylic acids is 1. The molecule has 24 heavy (non-hydrogen) atoms. The van der Waals surface area contributed by atoms with Gasteiger partial charge in [0.25, 0.3) is 0 Å². The smallest absolute Gasteiger partial charge is 0.321 e. The first-order chi connectivity index (χ1) is 11.1. The number of carboxylic acids is 1. The van der Waals surface area contributed by atoms with Crippen LogP contribution >= 0.6 is 24.0 Å². The summed E-state index contributed by atoms with van der Waals surface area (Å²) in [6, 6.07) is 14.4. The number of rotatable bonds is 3. The zero-order valence-corrected chi connectivity index (χ0v) is 14.3. The third-order valence-electron chi connectivity index (χ3n) is 4.15. The summed E-state index contributed by atoms with van der Waals surface area (Å²) in [5.41, 5.74) is 3.70. The Hall–Kier alpha value is -2.06. The maximum Gasteiger partial charge on any atom is 0.321 e. The molecule has 0 bridgehead atoms. The van der Waals surface area contributed by atoms with Crippen LogP contribution in [-0.4, -0.2) is 22.0 Å². The lowest BCUT2D eigenvalue weighted by molar-refractivity contribution is -0.144. The Balaban J connectivity index is 0.00000208. The van der Waals surface area contributed by atoms with Crippen LogP contribution in [0.15, 0.2) is 42.5 Å². The number of benzene rings is 2. The van der Waals surface area contributed by atoms with Gasteiger partial charge in [-0.25, -0.2) is 0 Å². The van der Waals surface area contributed by atoms with Gasteiger partial charge >= 0.3 is 5.97 Å². The highest BCUT2D eigenvalue weighted by molar-refractivity contribution is 6.30. The predicted octanol–water partition coefficient (Wildman–Crippen LogP) is 3.64. The minimum absolute atomic E-state index is 0. The lowest BCUT2D eigenvalue weighted by Gasteiger charge is -2.34. The Morgan fingerprint density at radius 3 is 2.58 bits per heavy atom. The van der Waals surface area contributed by atoms with Gasteiger partial charge < -0.3 is 5.11 Å². The molecule has 0 saturated heterocycles. The maximum absolute atomic E-state index is 11.6. The predicted molar refractivity (Wildman–Crippen MR) is 94.2 cm³/mol. The van der Waals surface area contributed by atoms with Crippen molar-refractivity contribution < 1.29 is 9.90 Å². The van der Waals surface area contributed by atoms with E-state index in [1.807, 2.05) is 29.2 Å². The second-order valence-corrected chi connectivity index (χ2v) is 6.12. The molecule has 0 fully saturated rings. The molecule has 6 heteroatoms. The van der Waals surface area contributed by atoms with E-state index in [1.54, 1.807) is 18.2 Å². The molecular formula is C18H16Cl2N2O2. The standard InChI is InChI=1S/C18H15ClN2O2.ClH/c19-16-6-5-14-8-17(18(22)23)21(11-15(14)7-16)10-13-3-1-12(9-20)2-4-13;/h1-7,17H,8,10-11H2,(H,22,23);1H. The second-order valence-electron chi connectivity index (χ2n) is 5.68. The highest BCUT2D eigenvalue weighted by atomic mass is 35.5. The van der Waals surface area contributed by atoms with Crippen molar-refractivity contribution in [1.29, 1.82) is 5.26 Å². The SMILES string of the molecule is Cl.N#Cc1ccc(CN2Cc3cc(Cl)ccc3CC2C(=O)O)cc1. The van der Waals surface area contributed by atoms with Gasteiger partial charge in [0.05, 0.1) is 11.6 Å². The fourth-order valence-corrected chi connectivity index (χ4v) is 3.13. The van der Waals surface area contributed by atoms with E-state index < -0.39 is 12.0 Å². The number of carboxylic acid groups (broad SMARTS) is 1. The van der Waals surface area contributed by atoms with Crippen molar-refractivity contribution in [2.24, 2.45) is 0 Å². The Morgan fingerprint density at radius 1 is 1.25 bits per heavy atom. The van der Waals surface area contributed by atoms with Crippen LogP contribution in [0.5, 0.6) is 0 Å². The lowest BCUT2D eigenvalue weighted by Crippen LogP contribution is -2.45. The summed E-state index contributed by atoms with van der Waals surface area (Å²) in [6.45, 7) is 1.07. The van der Waals surface area contributed by atoms with Crippen LogP contribution in [0.4, 0.5) is 0 Å². The number of nitrogens with zero attached hydrogens (tertiary/aromatic N) is 2. The Morgan fingerprint density at radius 2 is 1.96 bits per heavy atom. The number of fused-ring (bicyclic) bond motifs is 1. The number of carbonyl (C=O) groups is 1. The van der Waals surface area contributed by atoms with Gasteiger partial charge in [0, 0.05) is 18.1 Å². The first-order valence-electron chi connectivity index (χ1n) is 7.30. The van der Waals surface area contributed by atoms with Gasteiger partial charge in [-0.1, -0.05) is 29.8 Å². The van der Waals surface area contributed by atoms with E-state index >= 15 is 0 Å². The molecule has 124 valence electrons. The van der Waals surface area contributed by atoms with Crippen molar-refractivity contribution >= 4 is 30.0 Å². The third kappa shape index (κ3) is 3.88. The van der Waals surface area contributed by atoms with E-state index in [9.17, 15) is 9.90 Å². The second kappa shape index (κ2) is 7.67. The molecule has 0 aliphatic carbocycles. The van der Waals surface area contributed by atoms with Gasteiger partial charge in [-0.3, -0.25) is 9.69 Å². The summed E-state index contributed by atoms with van der Waals surface area (Å²) in [4.78, 5) is 13.6. The average Bonchev–Trinajstić information content (AvgIpc) is 2.54. The van der Waals surface area contributed by atoms with E-state index in [4.69, 9.17) is 16.9 Å². The van der Waals surface area contributed by atoms with Gasteiger partial charge in [-0.15, -0.1) is 12.4 Å². The summed E-state index contributed by atoms with van der Waals surface area (Å²) in [5, 5.41) is 19.1. The summed E-state index contributed by atoms with van der Waals surface area (Å²) >= 11 is 6.05. The summed E-state index contributed by atoms with van der Waals surface area (Å²) in [6.07, 6.45) is 0.470. The largest absolute Gasteiger partial charge is 0.480 e. The van der Waals surface area contributed by atoms with E-state index in [-0.39, 0.29) is 12.4 Å². The molecule has 1 heterocycles. The molecule has 0 aromatic heterocycles. The first-order valence-corrected chi connectivity index (χ1v) is 7.68. The van der Waals surface area contributed by atoms with E-state index in [1.165, 1.54) is 0 Å². The molecule has 0 amide bonds. The maximum atomic E-state index is 11.6. The number of halogens is 2. The van der Waals surface area contributed by atoms with Gasteiger partial charge in [0.1, 0.15) is 6.04 Å². The number of nitriles is 1. The summed E-state index contributed by atoms with van der Waals surface area (Å²) in [5.74, 6) is -0.820. The van der Waals surface area contributed by atoms with Crippen molar-refractivity contribution in [1.82, 2.24) is 4.90 Å². The molecular weight excluding hydrogens is 347 g/mol. The monoisotopic (exact) mass is 362 g/mol. The molecule has 4 nitrogen and oxygen atoms in total. The zero-order valence-electron chi connectivity index (χ0n) is 12.8. The first kappa shape index (κ1) is 18.3. The fraction of sp³-hybridized carbons (Fsp3) is 0.222. The van der Waals surface area contributed by atoms with Crippen LogP contribution in [0.1, 0.15) is 22.3 Å². The molecule has 0 saturated carbocycles. The minimum atomic E-state index is -0.820. The number of hydrogen-bond donors (Lipinski definition) is 1. The van der Waals surface area contributed by atoms with Gasteiger partial charge in [-0.05, 0) is 47.4 Å². The molecule has 1 unspecified atom stereocenters. The van der Waals surface area contributed by atoms with Crippen molar-refractivity contribution in [3.8, 4) is 6.07 Å². The molecule has 1 atom stereocenters. The lowest BCUT2D eigenvalue weighted by atomic mass is 9.93. The molecule has 1 aliphatic heterocycles. The number of hydrogen-bond acceptors (Lipinski definition) is 3. The molecule has 3 rings (SSSR count). The van der Waals surface area contributed by atoms with E-state index in [0.717, 1.165) is 16.7 Å². The summed E-state index contributed by atoms with van der Waals surface area (Å²) in [7, 11) is 0. The van der Waals surface area contributed by atoms with Gasteiger partial charge in [0.15, 0.2) is 0 Å². The molecule has 0 radical (unpaired) electrons. The minimum Gasteiger partial charge on any atom is -0.480 e. The zero-order chi connectivity index (χ0) is 16.4. The van der Waals surface area contributed by atoms with Crippen molar-refractivity contribution in [2.45, 2.75) is 25.6 Å². The Bertz CT molecular complexity index is 785. The Labute approximate surface area is 151 Å². The van der Waals surface area contributed by atoms with Crippen LogP contribution < -0.4 is 0 Å². The normalized spacial score (nSPS) is 16.6. The van der Waals surface area contributed by atoms with Crippen molar-refractivity contribution in [3.63, 3.8) is 0 Å². The van der Waals surface area contributed by atoms with Crippen molar-refractivity contribution in [2.75, 3.05) is 0 Å². The quantitative estimate of drug-likeness (QED) is 0.904. The highest BCUT2D eigenvalue weighted by Crippen LogP contribution is 2.27. The van der Waals surface area contributed by atoms with Crippen molar-refractivity contribution in [3.05, 3.63) is 69.7 Å². The average molecular weight is 363 g/mol. The summed E-state index contributed by atoms with van der Waals surface area (Å²) < 4.78 is 0. The van der Waals surface area contributed by atoms with Crippen LogP contribution in [0.3, 0.4) is 0 Å². The fourth-order valence-electron chi connectivity index (χ4n) is 2.94. The van der Waals surface area contributed by atoms with Gasteiger partial charge in [-0.2, -0.15) is 5.26 Å². The van der Waals surface area contributed by atoms with Crippen LogP contribution in [0.2, 0.25) is 5.02 Å². The molecule has 1 N–H and O–H groups in total. The molecule has 2 aromatic rings. The highest BCUT2D eigenvalue weighted by Gasteiger charge is 2.31. The topological polar surface area (TPSA) is 64.3 Å². The van der Waals surface area contributed by atoms with Crippen LogP contribution in [0, 0.1) is 11.3 Å². The van der Waals surface area contributed by atoms with E-state index in [0.29, 0.717) is 30.1 Å². The van der Waals surface area contributed by atoms with E-state index in [2.05, 4.69) is 6.07 Å². The molecule has 1 aliphatic rings.